The molecule has 1 atom stereocenters. The van der Waals surface area contributed by atoms with Crippen LogP contribution in [0.15, 0.2) is 59.6 Å². The van der Waals surface area contributed by atoms with Crippen LogP contribution in [0.5, 0.6) is 0 Å². The summed E-state index contributed by atoms with van der Waals surface area (Å²) in [5.41, 5.74) is 3.37. The van der Waals surface area contributed by atoms with Crippen LogP contribution in [0.3, 0.4) is 0 Å². The van der Waals surface area contributed by atoms with Crippen LogP contribution in [0.4, 0.5) is 0 Å². The number of halogens is 3. The first-order chi connectivity index (χ1) is 10.0. The van der Waals surface area contributed by atoms with Crippen LogP contribution in [0, 0.1) is 0 Å². The Morgan fingerprint density at radius 2 is 1.52 bits per heavy atom. The molecule has 2 aromatic rings. The lowest BCUT2D eigenvalue weighted by Gasteiger charge is -2.08. The molecule has 0 fully saturated rings. The molecule has 3 rings (SSSR count). The molecule has 0 N–H and O–H groups in total. The number of benzene rings is 2. The molecular formula is C16H12Cl3NO. The second-order valence-electron chi connectivity index (χ2n) is 4.75. The zero-order valence-corrected chi connectivity index (χ0v) is 13.2. The molecular weight excluding hydrogens is 329 g/mol. The van der Waals surface area contributed by atoms with Crippen LogP contribution in [-0.2, 0) is 4.74 Å². The maximum atomic E-state index is 5.77. The van der Waals surface area contributed by atoms with Gasteiger partial charge in [0, 0.05) is 0 Å². The SMILES string of the molecule is ClC(Cl)(Cl)C1=NC(c2ccc(-c3ccccc3)cc2)CO1. The standard InChI is InChI=1S/C16H12Cl3NO/c17-16(18,19)15-20-14(10-21-15)13-8-6-12(7-9-13)11-4-2-1-3-5-11/h1-9,14H,10H2. The van der Waals surface area contributed by atoms with Gasteiger partial charge >= 0.3 is 0 Å². The van der Waals surface area contributed by atoms with Crippen LogP contribution in [0.2, 0.25) is 0 Å². The van der Waals surface area contributed by atoms with E-state index >= 15 is 0 Å². The molecule has 0 saturated heterocycles. The van der Waals surface area contributed by atoms with E-state index in [1.807, 2.05) is 30.3 Å². The first-order valence-corrected chi connectivity index (χ1v) is 7.60. The predicted molar refractivity (Wildman–Crippen MR) is 88.3 cm³/mol. The minimum atomic E-state index is -1.60. The Balaban J connectivity index is 1.81. The van der Waals surface area contributed by atoms with Gasteiger partial charge in [-0.15, -0.1) is 0 Å². The van der Waals surface area contributed by atoms with Crippen molar-refractivity contribution in [2.75, 3.05) is 6.61 Å². The zero-order valence-electron chi connectivity index (χ0n) is 11.0. The Morgan fingerprint density at radius 3 is 2.10 bits per heavy atom. The van der Waals surface area contributed by atoms with Crippen LogP contribution < -0.4 is 0 Å². The summed E-state index contributed by atoms with van der Waals surface area (Å²) in [6, 6.07) is 18.3. The number of nitrogens with zero attached hydrogens (tertiary/aromatic N) is 1. The minimum Gasteiger partial charge on any atom is -0.475 e. The first kappa shape index (κ1) is 14.7. The van der Waals surface area contributed by atoms with Gasteiger partial charge in [0.2, 0.25) is 5.90 Å². The van der Waals surface area contributed by atoms with Crippen molar-refractivity contribution in [2.24, 2.45) is 4.99 Å². The summed E-state index contributed by atoms with van der Waals surface area (Å²) in [6.45, 7) is 0.397. The molecule has 1 aliphatic heterocycles. The van der Waals surface area contributed by atoms with Gasteiger partial charge in [-0.2, -0.15) is 0 Å². The molecule has 0 amide bonds. The Morgan fingerprint density at radius 1 is 0.905 bits per heavy atom. The molecule has 1 heterocycles. The smallest absolute Gasteiger partial charge is 0.266 e. The average Bonchev–Trinajstić information content (AvgIpc) is 2.98. The highest BCUT2D eigenvalue weighted by molar-refractivity contribution is 6.76. The number of rotatable bonds is 2. The maximum Gasteiger partial charge on any atom is 0.266 e. The Bertz CT molecular complexity index is 647. The molecule has 0 saturated carbocycles. The van der Waals surface area contributed by atoms with Crippen molar-refractivity contribution in [2.45, 2.75) is 9.83 Å². The van der Waals surface area contributed by atoms with Crippen LogP contribution >= 0.6 is 34.8 Å². The van der Waals surface area contributed by atoms with Gasteiger partial charge in [0.25, 0.3) is 3.79 Å². The van der Waals surface area contributed by atoms with E-state index in [2.05, 4.69) is 29.3 Å². The van der Waals surface area contributed by atoms with E-state index < -0.39 is 3.79 Å². The highest BCUT2D eigenvalue weighted by Gasteiger charge is 2.35. The van der Waals surface area contributed by atoms with E-state index in [1.165, 1.54) is 5.56 Å². The van der Waals surface area contributed by atoms with Crippen molar-refractivity contribution in [1.82, 2.24) is 0 Å². The second-order valence-corrected chi connectivity index (χ2v) is 7.03. The summed E-state index contributed by atoms with van der Waals surface area (Å²) in [4.78, 5) is 4.33. The topological polar surface area (TPSA) is 21.6 Å². The van der Waals surface area contributed by atoms with Crippen molar-refractivity contribution in [3.63, 3.8) is 0 Å². The van der Waals surface area contributed by atoms with Gasteiger partial charge in [-0.05, 0) is 16.7 Å². The third-order valence-corrected chi connectivity index (χ3v) is 3.78. The highest BCUT2D eigenvalue weighted by Crippen LogP contribution is 2.35. The van der Waals surface area contributed by atoms with Crippen LogP contribution in [0.1, 0.15) is 11.6 Å². The van der Waals surface area contributed by atoms with Crippen molar-refractivity contribution in [3.8, 4) is 11.1 Å². The number of aliphatic imine (C=N–C) groups is 1. The highest BCUT2D eigenvalue weighted by atomic mass is 35.6. The maximum absolute atomic E-state index is 5.77. The molecule has 0 aliphatic carbocycles. The van der Waals surface area contributed by atoms with Crippen molar-refractivity contribution in [1.29, 1.82) is 0 Å². The molecule has 5 heteroatoms. The normalized spacial score (nSPS) is 18.2. The Hall–Kier alpha value is -1.22. The molecule has 0 aromatic heterocycles. The van der Waals surface area contributed by atoms with E-state index in [0.717, 1.165) is 11.1 Å². The summed E-state index contributed by atoms with van der Waals surface area (Å²) in [5.74, 6) is 0.157. The van der Waals surface area contributed by atoms with Crippen molar-refractivity contribution in [3.05, 3.63) is 60.2 Å². The first-order valence-electron chi connectivity index (χ1n) is 6.47. The zero-order chi connectivity index (χ0) is 14.9. The largest absolute Gasteiger partial charge is 0.475 e. The van der Waals surface area contributed by atoms with Gasteiger partial charge in [0.15, 0.2) is 0 Å². The molecule has 2 aromatic carbocycles. The summed E-state index contributed by atoms with van der Waals surface area (Å²) >= 11 is 17.3. The Kier molecular flexibility index (Phi) is 4.12. The molecule has 108 valence electrons. The van der Waals surface area contributed by atoms with E-state index in [-0.39, 0.29) is 11.9 Å². The van der Waals surface area contributed by atoms with E-state index in [1.54, 1.807) is 0 Å². The monoisotopic (exact) mass is 339 g/mol. The van der Waals surface area contributed by atoms with Gasteiger partial charge in [0.1, 0.15) is 12.6 Å². The van der Waals surface area contributed by atoms with E-state index in [4.69, 9.17) is 39.5 Å². The van der Waals surface area contributed by atoms with E-state index in [9.17, 15) is 0 Å². The fourth-order valence-electron chi connectivity index (χ4n) is 2.23. The minimum absolute atomic E-state index is 0.125. The summed E-state index contributed by atoms with van der Waals surface area (Å²) in [7, 11) is 0. The number of hydrogen-bond acceptors (Lipinski definition) is 2. The molecule has 2 nitrogen and oxygen atoms in total. The lowest BCUT2D eigenvalue weighted by Crippen LogP contribution is -2.18. The third kappa shape index (κ3) is 3.34. The predicted octanol–water partition coefficient (Wildman–Crippen LogP) is 5.19. The summed E-state index contributed by atoms with van der Waals surface area (Å²) in [6.07, 6.45) is 0. The lowest BCUT2D eigenvalue weighted by atomic mass is 10.0. The van der Waals surface area contributed by atoms with Gasteiger partial charge in [-0.1, -0.05) is 89.4 Å². The van der Waals surface area contributed by atoms with E-state index in [0.29, 0.717) is 6.61 Å². The molecule has 21 heavy (non-hydrogen) atoms. The molecule has 0 radical (unpaired) electrons. The van der Waals surface area contributed by atoms with Gasteiger partial charge in [-0.25, -0.2) is 4.99 Å². The summed E-state index contributed by atoms with van der Waals surface area (Å²) < 4.78 is 3.75. The molecule has 1 aliphatic rings. The van der Waals surface area contributed by atoms with Crippen LogP contribution in [0.25, 0.3) is 11.1 Å². The number of hydrogen-bond donors (Lipinski definition) is 0. The third-order valence-electron chi connectivity index (χ3n) is 3.30. The quantitative estimate of drug-likeness (QED) is 0.689. The Labute approximate surface area is 138 Å². The van der Waals surface area contributed by atoms with Crippen molar-refractivity contribution >= 4 is 40.7 Å². The fourth-order valence-corrected chi connectivity index (χ4v) is 2.54. The fraction of sp³-hybridized carbons (Fsp3) is 0.188. The van der Waals surface area contributed by atoms with Gasteiger partial charge in [-0.3, -0.25) is 0 Å². The number of ether oxygens (including phenoxy) is 1. The number of alkyl halides is 3. The van der Waals surface area contributed by atoms with Crippen LogP contribution in [-0.4, -0.2) is 16.3 Å². The average molecular weight is 341 g/mol. The van der Waals surface area contributed by atoms with Gasteiger partial charge in [0.05, 0.1) is 0 Å². The second kappa shape index (κ2) is 5.88. The van der Waals surface area contributed by atoms with Gasteiger partial charge < -0.3 is 4.74 Å². The molecule has 0 spiro atoms. The molecule has 1 unspecified atom stereocenters. The lowest BCUT2D eigenvalue weighted by molar-refractivity contribution is 0.314. The van der Waals surface area contributed by atoms with Crippen molar-refractivity contribution < 1.29 is 4.74 Å². The molecule has 0 bridgehead atoms. The summed E-state index contributed by atoms with van der Waals surface area (Å²) in [5, 5.41) is 0.